The van der Waals surface area contributed by atoms with Crippen molar-refractivity contribution in [1.82, 2.24) is 10.3 Å². The SMILES string of the molecule is CCC(CO)NC(=O)c1cccnc1Sc1ccccc1. The van der Waals surface area contributed by atoms with Gasteiger partial charge in [-0.05, 0) is 30.7 Å². The first-order valence-corrected chi connectivity index (χ1v) is 7.66. The standard InChI is InChI=1S/C16H18N2O2S/c1-2-12(11-19)18-15(20)14-9-6-10-17-16(14)21-13-7-4-3-5-8-13/h3-10,12,19H,2,11H2,1H3,(H,18,20). The van der Waals surface area contributed by atoms with Crippen LogP contribution in [-0.4, -0.2) is 28.6 Å². The normalized spacial score (nSPS) is 11.9. The highest BCUT2D eigenvalue weighted by molar-refractivity contribution is 7.99. The lowest BCUT2D eigenvalue weighted by atomic mass is 10.2. The van der Waals surface area contributed by atoms with Crippen LogP contribution >= 0.6 is 11.8 Å². The Balaban J connectivity index is 2.18. The third-order valence-corrected chi connectivity index (χ3v) is 4.05. The predicted molar refractivity (Wildman–Crippen MR) is 83.4 cm³/mol. The van der Waals surface area contributed by atoms with Gasteiger partial charge >= 0.3 is 0 Å². The second-order valence-electron chi connectivity index (χ2n) is 4.53. The molecule has 0 spiro atoms. The molecular formula is C16H18N2O2S. The van der Waals surface area contributed by atoms with E-state index in [9.17, 15) is 9.90 Å². The number of nitrogens with one attached hydrogen (secondary N) is 1. The molecule has 0 aliphatic heterocycles. The first kappa shape index (κ1) is 15.5. The van der Waals surface area contributed by atoms with Crippen molar-refractivity contribution >= 4 is 17.7 Å². The summed E-state index contributed by atoms with van der Waals surface area (Å²) in [5.41, 5.74) is 0.526. The molecule has 0 aliphatic carbocycles. The van der Waals surface area contributed by atoms with Crippen LogP contribution in [-0.2, 0) is 0 Å². The molecule has 1 heterocycles. The van der Waals surface area contributed by atoms with Crippen LogP contribution in [0.2, 0.25) is 0 Å². The molecule has 4 nitrogen and oxygen atoms in total. The lowest BCUT2D eigenvalue weighted by Crippen LogP contribution is -2.37. The van der Waals surface area contributed by atoms with Crippen molar-refractivity contribution < 1.29 is 9.90 Å². The van der Waals surface area contributed by atoms with Crippen molar-refractivity contribution in [1.29, 1.82) is 0 Å². The number of amides is 1. The van der Waals surface area contributed by atoms with Crippen molar-refractivity contribution in [3.8, 4) is 0 Å². The topological polar surface area (TPSA) is 62.2 Å². The number of nitrogens with zero attached hydrogens (tertiary/aromatic N) is 1. The first-order chi connectivity index (χ1) is 10.2. The van der Waals surface area contributed by atoms with E-state index in [1.807, 2.05) is 37.3 Å². The summed E-state index contributed by atoms with van der Waals surface area (Å²) in [5, 5.41) is 12.7. The molecule has 1 unspecified atom stereocenters. The van der Waals surface area contributed by atoms with E-state index in [2.05, 4.69) is 10.3 Å². The number of hydrogen-bond acceptors (Lipinski definition) is 4. The molecule has 2 N–H and O–H groups in total. The van der Waals surface area contributed by atoms with Gasteiger partial charge in [-0.1, -0.05) is 36.9 Å². The van der Waals surface area contributed by atoms with Gasteiger partial charge in [-0.15, -0.1) is 0 Å². The Morgan fingerprint density at radius 1 is 1.29 bits per heavy atom. The monoisotopic (exact) mass is 302 g/mol. The molecule has 2 rings (SSSR count). The summed E-state index contributed by atoms with van der Waals surface area (Å²) in [6, 6.07) is 13.1. The summed E-state index contributed by atoms with van der Waals surface area (Å²) in [7, 11) is 0. The Morgan fingerprint density at radius 2 is 2.05 bits per heavy atom. The minimum atomic E-state index is -0.229. The molecular weight excluding hydrogens is 284 g/mol. The lowest BCUT2D eigenvalue weighted by molar-refractivity contribution is 0.0911. The Labute approximate surface area is 128 Å². The zero-order valence-electron chi connectivity index (χ0n) is 11.8. The lowest BCUT2D eigenvalue weighted by Gasteiger charge is -2.15. The minimum Gasteiger partial charge on any atom is -0.394 e. The zero-order valence-corrected chi connectivity index (χ0v) is 12.6. The van der Waals surface area contributed by atoms with Crippen LogP contribution in [0.5, 0.6) is 0 Å². The van der Waals surface area contributed by atoms with Crippen molar-refractivity contribution in [2.45, 2.75) is 29.3 Å². The van der Waals surface area contributed by atoms with E-state index < -0.39 is 0 Å². The van der Waals surface area contributed by atoms with E-state index in [1.54, 1.807) is 18.3 Å². The third-order valence-electron chi connectivity index (χ3n) is 3.02. The number of rotatable bonds is 6. The number of aliphatic hydroxyl groups is 1. The number of hydrogen-bond donors (Lipinski definition) is 2. The van der Waals surface area contributed by atoms with Crippen LogP contribution in [0.25, 0.3) is 0 Å². The average molecular weight is 302 g/mol. The molecule has 1 amide bonds. The molecule has 110 valence electrons. The molecule has 0 radical (unpaired) electrons. The second-order valence-corrected chi connectivity index (χ2v) is 5.59. The highest BCUT2D eigenvalue weighted by Gasteiger charge is 2.16. The Morgan fingerprint density at radius 3 is 2.71 bits per heavy atom. The maximum atomic E-state index is 12.3. The summed E-state index contributed by atoms with van der Waals surface area (Å²) < 4.78 is 0. The number of carbonyl (C=O) groups excluding carboxylic acids is 1. The number of aromatic nitrogens is 1. The Kier molecular flexibility index (Phi) is 5.78. The zero-order chi connectivity index (χ0) is 15.1. The summed E-state index contributed by atoms with van der Waals surface area (Å²) in [6.07, 6.45) is 2.36. The molecule has 0 saturated carbocycles. The predicted octanol–water partition coefficient (Wildman–Crippen LogP) is 2.73. The van der Waals surface area contributed by atoms with Crippen LogP contribution in [0.4, 0.5) is 0 Å². The molecule has 21 heavy (non-hydrogen) atoms. The summed E-state index contributed by atoms with van der Waals surface area (Å²) >= 11 is 1.45. The third kappa shape index (κ3) is 4.31. The quantitative estimate of drug-likeness (QED) is 0.861. The Bertz CT molecular complexity index is 586. The van der Waals surface area contributed by atoms with Crippen LogP contribution in [0.15, 0.2) is 58.6 Å². The van der Waals surface area contributed by atoms with Gasteiger partial charge in [0.05, 0.1) is 18.2 Å². The molecule has 0 aliphatic rings. The second kappa shape index (κ2) is 7.81. The van der Waals surface area contributed by atoms with Gasteiger partial charge in [-0.25, -0.2) is 4.98 Å². The van der Waals surface area contributed by atoms with Gasteiger partial charge < -0.3 is 10.4 Å². The minimum absolute atomic E-state index is 0.0658. The van der Waals surface area contributed by atoms with Gasteiger partial charge in [-0.3, -0.25) is 4.79 Å². The van der Waals surface area contributed by atoms with Crippen LogP contribution < -0.4 is 5.32 Å². The van der Waals surface area contributed by atoms with Gasteiger partial charge in [0.25, 0.3) is 5.91 Å². The molecule has 2 aromatic rings. The van der Waals surface area contributed by atoms with Gasteiger partial charge in [-0.2, -0.15) is 0 Å². The largest absolute Gasteiger partial charge is 0.394 e. The molecule has 0 bridgehead atoms. The highest BCUT2D eigenvalue weighted by atomic mass is 32.2. The molecule has 0 saturated heterocycles. The van der Waals surface area contributed by atoms with Crippen molar-refractivity contribution in [2.75, 3.05) is 6.61 Å². The van der Waals surface area contributed by atoms with Crippen molar-refractivity contribution in [3.05, 3.63) is 54.2 Å². The summed E-state index contributed by atoms with van der Waals surface area (Å²) in [4.78, 5) is 17.6. The molecule has 5 heteroatoms. The van der Waals surface area contributed by atoms with E-state index in [1.165, 1.54) is 11.8 Å². The van der Waals surface area contributed by atoms with Crippen LogP contribution in [0.1, 0.15) is 23.7 Å². The fourth-order valence-corrected chi connectivity index (χ4v) is 2.69. The van der Waals surface area contributed by atoms with Gasteiger partial charge in [0.2, 0.25) is 0 Å². The number of pyridine rings is 1. The Hall–Kier alpha value is -1.85. The highest BCUT2D eigenvalue weighted by Crippen LogP contribution is 2.28. The van der Waals surface area contributed by atoms with Crippen LogP contribution in [0, 0.1) is 0 Å². The fourth-order valence-electron chi connectivity index (χ4n) is 1.79. The van der Waals surface area contributed by atoms with E-state index in [4.69, 9.17) is 0 Å². The van der Waals surface area contributed by atoms with E-state index in [0.29, 0.717) is 17.0 Å². The molecule has 1 atom stereocenters. The van der Waals surface area contributed by atoms with E-state index >= 15 is 0 Å². The van der Waals surface area contributed by atoms with E-state index in [0.717, 1.165) is 4.90 Å². The maximum absolute atomic E-state index is 12.3. The molecule has 1 aromatic carbocycles. The van der Waals surface area contributed by atoms with Crippen LogP contribution in [0.3, 0.4) is 0 Å². The summed E-state index contributed by atoms with van der Waals surface area (Å²) in [6.45, 7) is 1.85. The number of carbonyl (C=O) groups is 1. The number of benzene rings is 1. The summed E-state index contributed by atoms with van der Waals surface area (Å²) in [5.74, 6) is -0.206. The first-order valence-electron chi connectivity index (χ1n) is 6.84. The van der Waals surface area contributed by atoms with Crippen molar-refractivity contribution in [3.63, 3.8) is 0 Å². The van der Waals surface area contributed by atoms with E-state index in [-0.39, 0.29) is 18.6 Å². The smallest absolute Gasteiger partial charge is 0.254 e. The van der Waals surface area contributed by atoms with Gasteiger partial charge in [0, 0.05) is 11.1 Å². The fraction of sp³-hybridized carbons (Fsp3) is 0.250. The maximum Gasteiger partial charge on any atom is 0.254 e. The molecule has 1 aromatic heterocycles. The van der Waals surface area contributed by atoms with Gasteiger partial charge in [0.15, 0.2) is 0 Å². The molecule has 0 fully saturated rings. The van der Waals surface area contributed by atoms with Gasteiger partial charge in [0.1, 0.15) is 5.03 Å². The number of aliphatic hydroxyl groups excluding tert-OH is 1. The van der Waals surface area contributed by atoms with Crippen molar-refractivity contribution in [2.24, 2.45) is 0 Å². The average Bonchev–Trinajstić information content (AvgIpc) is 2.54.